The molecule has 4 nitrogen and oxygen atoms in total. The number of aromatic nitrogens is 2. The number of nitrogens with one attached hydrogen (secondary N) is 1. The SMILES string of the molecule is CCc1nsc(N[C@@H]2CCC[C@]2(C)CO)n1. The molecule has 1 aliphatic carbocycles. The molecule has 1 heterocycles. The van der Waals surface area contributed by atoms with Crippen molar-refractivity contribution in [2.24, 2.45) is 5.41 Å². The summed E-state index contributed by atoms with van der Waals surface area (Å²) in [6.45, 7) is 4.43. The fraction of sp³-hybridized carbons (Fsp3) is 0.818. The number of anilines is 1. The second-order valence-corrected chi connectivity index (χ2v) is 5.52. The van der Waals surface area contributed by atoms with E-state index in [1.54, 1.807) is 0 Å². The first-order valence-electron chi connectivity index (χ1n) is 5.88. The van der Waals surface area contributed by atoms with Crippen LogP contribution < -0.4 is 5.32 Å². The summed E-state index contributed by atoms with van der Waals surface area (Å²) in [4.78, 5) is 4.41. The molecule has 0 unspecified atom stereocenters. The molecule has 90 valence electrons. The second-order valence-electron chi connectivity index (χ2n) is 4.77. The summed E-state index contributed by atoms with van der Waals surface area (Å²) >= 11 is 1.42. The fourth-order valence-electron chi connectivity index (χ4n) is 2.27. The van der Waals surface area contributed by atoms with E-state index in [1.165, 1.54) is 18.0 Å². The van der Waals surface area contributed by atoms with Crippen LogP contribution in [0.5, 0.6) is 0 Å². The van der Waals surface area contributed by atoms with E-state index in [2.05, 4.69) is 28.5 Å². The van der Waals surface area contributed by atoms with Crippen molar-refractivity contribution < 1.29 is 5.11 Å². The predicted octanol–water partition coefficient (Wildman–Crippen LogP) is 2.06. The molecule has 2 N–H and O–H groups in total. The molecule has 1 aromatic heterocycles. The van der Waals surface area contributed by atoms with Crippen LogP contribution >= 0.6 is 11.5 Å². The predicted molar refractivity (Wildman–Crippen MR) is 65.7 cm³/mol. The van der Waals surface area contributed by atoms with Gasteiger partial charge >= 0.3 is 0 Å². The Morgan fingerprint density at radius 2 is 2.44 bits per heavy atom. The lowest BCUT2D eigenvalue weighted by Gasteiger charge is -2.29. The Kier molecular flexibility index (Phi) is 3.44. The number of aliphatic hydroxyl groups excluding tert-OH is 1. The number of hydrogen-bond donors (Lipinski definition) is 2. The molecule has 0 aromatic carbocycles. The van der Waals surface area contributed by atoms with Gasteiger partial charge in [-0.25, -0.2) is 4.98 Å². The van der Waals surface area contributed by atoms with Gasteiger partial charge in [0.05, 0.1) is 6.61 Å². The molecule has 1 fully saturated rings. The molecular weight excluding hydrogens is 222 g/mol. The van der Waals surface area contributed by atoms with Gasteiger partial charge in [-0.3, -0.25) is 0 Å². The lowest BCUT2D eigenvalue weighted by molar-refractivity contribution is 0.139. The molecule has 1 saturated carbocycles. The van der Waals surface area contributed by atoms with Gasteiger partial charge in [-0.2, -0.15) is 4.37 Å². The average Bonchev–Trinajstić information content (AvgIpc) is 2.88. The maximum atomic E-state index is 9.45. The topological polar surface area (TPSA) is 58.0 Å². The average molecular weight is 241 g/mol. The summed E-state index contributed by atoms with van der Waals surface area (Å²) in [5.41, 5.74) is -0.00194. The summed E-state index contributed by atoms with van der Waals surface area (Å²) in [5.74, 6) is 0.899. The maximum Gasteiger partial charge on any atom is 0.202 e. The quantitative estimate of drug-likeness (QED) is 0.847. The van der Waals surface area contributed by atoms with E-state index in [1.807, 2.05) is 0 Å². The van der Waals surface area contributed by atoms with E-state index in [0.29, 0.717) is 6.04 Å². The summed E-state index contributed by atoms with van der Waals surface area (Å²) in [5, 5.41) is 13.8. The van der Waals surface area contributed by atoms with Crippen LogP contribution in [0, 0.1) is 5.41 Å². The highest BCUT2D eigenvalue weighted by atomic mass is 32.1. The molecule has 0 radical (unpaired) electrons. The lowest BCUT2D eigenvalue weighted by Crippen LogP contribution is -2.36. The van der Waals surface area contributed by atoms with E-state index in [9.17, 15) is 5.11 Å². The van der Waals surface area contributed by atoms with Crippen LogP contribution in [0.15, 0.2) is 0 Å². The zero-order chi connectivity index (χ0) is 11.6. The van der Waals surface area contributed by atoms with E-state index >= 15 is 0 Å². The third kappa shape index (κ3) is 2.20. The molecule has 0 spiro atoms. The minimum Gasteiger partial charge on any atom is -0.396 e. The van der Waals surface area contributed by atoms with Crippen LogP contribution in [-0.2, 0) is 6.42 Å². The monoisotopic (exact) mass is 241 g/mol. The molecule has 1 aliphatic rings. The fourth-order valence-corrected chi connectivity index (χ4v) is 2.98. The van der Waals surface area contributed by atoms with E-state index < -0.39 is 0 Å². The van der Waals surface area contributed by atoms with Gasteiger partial charge in [0, 0.05) is 29.4 Å². The van der Waals surface area contributed by atoms with Gasteiger partial charge in [0.15, 0.2) is 0 Å². The van der Waals surface area contributed by atoms with E-state index in [-0.39, 0.29) is 12.0 Å². The molecule has 1 aromatic rings. The molecule has 16 heavy (non-hydrogen) atoms. The minimum absolute atomic E-state index is 0.00194. The van der Waals surface area contributed by atoms with Crippen LogP contribution in [0.3, 0.4) is 0 Å². The highest BCUT2D eigenvalue weighted by Gasteiger charge is 2.38. The molecule has 0 bridgehead atoms. The first kappa shape index (κ1) is 11.8. The number of nitrogens with zero attached hydrogens (tertiary/aromatic N) is 2. The smallest absolute Gasteiger partial charge is 0.202 e. The molecule has 5 heteroatoms. The maximum absolute atomic E-state index is 9.45. The van der Waals surface area contributed by atoms with Crippen LogP contribution in [0.1, 0.15) is 38.9 Å². The Morgan fingerprint density at radius 3 is 3.06 bits per heavy atom. The molecule has 0 aliphatic heterocycles. The highest BCUT2D eigenvalue weighted by Crippen LogP contribution is 2.39. The summed E-state index contributed by atoms with van der Waals surface area (Å²) in [6, 6.07) is 0.329. The minimum atomic E-state index is -0.00194. The van der Waals surface area contributed by atoms with Crippen molar-refractivity contribution in [1.29, 1.82) is 0 Å². The van der Waals surface area contributed by atoms with Crippen molar-refractivity contribution in [3.05, 3.63) is 5.82 Å². The van der Waals surface area contributed by atoms with Crippen LogP contribution in [0.4, 0.5) is 5.13 Å². The van der Waals surface area contributed by atoms with Gasteiger partial charge in [-0.05, 0) is 12.8 Å². The Balaban J connectivity index is 2.03. The largest absolute Gasteiger partial charge is 0.396 e. The van der Waals surface area contributed by atoms with Crippen molar-refractivity contribution in [2.45, 2.75) is 45.6 Å². The van der Waals surface area contributed by atoms with Crippen molar-refractivity contribution in [3.63, 3.8) is 0 Å². The standard InChI is InChI=1S/C11H19N3OS/c1-3-9-13-10(16-14-9)12-8-5-4-6-11(8,2)7-15/h8,15H,3-7H2,1-2H3,(H,12,13,14)/t8-,11-/m1/s1. The first-order valence-corrected chi connectivity index (χ1v) is 6.65. The van der Waals surface area contributed by atoms with Crippen LogP contribution in [0.25, 0.3) is 0 Å². The van der Waals surface area contributed by atoms with Gasteiger partial charge in [0.1, 0.15) is 5.82 Å². The third-order valence-corrected chi connectivity index (χ3v) is 4.21. The third-order valence-electron chi connectivity index (χ3n) is 3.53. The zero-order valence-corrected chi connectivity index (χ0v) is 10.7. The summed E-state index contributed by atoms with van der Waals surface area (Å²) in [6.07, 6.45) is 4.24. The van der Waals surface area contributed by atoms with Crippen LogP contribution in [0.2, 0.25) is 0 Å². The first-order chi connectivity index (χ1) is 7.68. The molecule has 2 rings (SSSR count). The Morgan fingerprint density at radius 1 is 1.62 bits per heavy atom. The van der Waals surface area contributed by atoms with E-state index in [4.69, 9.17) is 0 Å². The van der Waals surface area contributed by atoms with Gasteiger partial charge in [-0.1, -0.05) is 20.3 Å². The summed E-state index contributed by atoms with van der Waals surface area (Å²) < 4.78 is 4.26. The molecule has 0 saturated heterocycles. The molecule has 2 atom stereocenters. The van der Waals surface area contributed by atoms with E-state index in [0.717, 1.165) is 30.2 Å². The molecule has 0 amide bonds. The highest BCUT2D eigenvalue weighted by molar-refractivity contribution is 7.09. The Labute approximate surface area is 100 Å². The normalized spacial score (nSPS) is 29.6. The molecular formula is C11H19N3OS. The van der Waals surface area contributed by atoms with Crippen molar-refractivity contribution in [3.8, 4) is 0 Å². The number of rotatable bonds is 4. The van der Waals surface area contributed by atoms with Gasteiger partial charge in [0.25, 0.3) is 0 Å². The van der Waals surface area contributed by atoms with Crippen molar-refractivity contribution in [2.75, 3.05) is 11.9 Å². The van der Waals surface area contributed by atoms with Crippen molar-refractivity contribution in [1.82, 2.24) is 9.36 Å². The number of hydrogen-bond acceptors (Lipinski definition) is 5. The number of aryl methyl sites for hydroxylation is 1. The lowest BCUT2D eigenvalue weighted by atomic mass is 9.86. The second kappa shape index (κ2) is 4.67. The van der Waals surface area contributed by atoms with Gasteiger partial charge in [-0.15, -0.1) is 0 Å². The van der Waals surface area contributed by atoms with Gasteiger partial charge in [0.2, 0.25) is 5.13 Å². The zero-order valence-electron chi connectivity index (χ0n) is 9.86. The number of aliphatic hydroxyl groups is 1. The Hall–Kier alpha value is -0.680. The Bertz CT molecular complexity index is 355. The van der Waals surface area contributed by atoms with Crippen molar-refractivity contribution >= 4 is 16.7 Å². The van der Waals surface area contributed by atoms with Crippen LogP contribution in [-0.4, -0.2) is 27.1 Å². The summed E-state index contributed by atoms with van der Waals surface area (Å²) in [7, 11) is 0. The van der Waals surface area contributed by atoms with Gasteiger partial charge < -0.3 is 10.4 Å².